The minimum Gasteiger partial charge on any atom is -0.493 e. The molecule has 6 saturated heterocycles. The molecule has 18 N–H and O–H groups in total. The number of carboxylic acid groups (broad SMARTS) is 2. The summed E-state index contributed by atoms with van der Waals surface area (Å²) in [6.45, 7) is 8.73. The van der Waals surface area contributed by atoms with Crippen LogP contribution in [-0.2, 0) is 90.3 Å². The van der Waals surface area contributed by atoms with Gasteiger partial charge in [0, 0.05) is 11.5 Å². The van der Waals surface area contributed by atoms with Crippen molar-refractivity contribution >= 4 is 35.9 Å². The molecule has 0 aromatic heterocycles. The zero-order chi connectivity index (χ0) is 88.7. The van der Waals surface area contributed by atoms with E-state index in [0.717, 1.165) is 18.6 Å². The van der Waals surface area contributed by atoms with E-state index < -0.39 is 310 Å². The number of carboxylic acids is 2. The Morgan fingerprint density at radius 2 is 1.17 bits per heavy atom. The van der Waals surface area contributed by atoms with Crippen LogP contribution in [0.2, 0.25) is 0 Å². The van der Waals surface area contributed by atoms with Crippen molar-refractivity contribution in [3.05, 3.63) is 35.4 Å². The summed E-state index contributed by atoms with van der Waals surface area (Å²) in [4.78, 5) is 69.0. The van der Waals surface area contributed by atoms with E-state index in [-0.39, 0.29) is 55.8 Å². The van der Waals surface area contributed by atoms with E-state index in [1.807, 2.05) is 26.8 Å². The SMILES string of the molecule is COc1cc(C=CC(=O)O[C@@H]2[C@H](O)[C@@H](O[C@@H]3O[C@@H](C)[C@H](O[C@@H]4OC[C@@H](O)[C@H](O[C@H]5O[C@H](CO)[C@@H](O)[C@@H]5O)[C@H]4O)[C@@H](O[C@@H]4OC[C@](O)(COC(=O)C[C@@](C)(O)CC(=O)O)[C@H]4O)[C@H]3O)[C@H](OC(=O)[C@]34CCC(C)(C)C[C@H]3C3=CC[C@@H]5[C@@]6(C)C[C@H](O)[C@H](O[C@@H]7O[C@H](CO)[C@@H](O)[C@H](O)[C@H]7O)[C@@](C)(C(=O)O)[C@@H]6CC[C@@]5(C)[C@]3(CO)CC4)O[C@@H]2C)cc(OC)c1OC. The number of methoxy groups -OCH3 is 3. The lowest BCUT2D eigenvalue weighted by Crippen LogP contribution is -2.71. The van der Waals surface area contributed by atoms with E-state index in [2.05, 4.69) is 6.92 Å². The van der Waals surface area contributed by atoms with Crippen molar-refractivity contribution in [1.29, 1.82) is 0 Å². The number of aliphatic carboxylic acids is 2. The number of hydrogen-bond donors (Lipinski definition) is 18. The first-order valence-electron chi connectivity index (χ1n) is 40.9. The average molecular weight is 1730 g/mol. The predicted molar refractivity (Wildman–Crippen MR) is 402 cm³/mol. The topological polar surface area (TPSA) is 606 Å². The first-order valence-corrected chi connectivity index (χ1v) is 40.9. The monoisotopic (exact) mass is 1730 g/mol. The maximum atomic E-state index is 16.3. The fourth-order valence-electron chi connectivity index (χ4n) is 21.5. The van der Waals surface area contributed by atoms with Gasteiger partial charge in [-0.05, 0) is 143 Å². The highest BCUT2D eigenvalue weighted by molar-refractivity contribution is 5.87. The second-order valence-corrected chi connectivity index (χ2v) is 36.4. The Labute approximate surface area is 696 Å². The number of fused-ring (bicyclic) bond motifs is 7. The highest BCUT2D eigenvalue weighted by Crippen LogP contribution is 2.76. The molecule has 6 aliphatic heterocycles. The molecule has 1 aromatic carbocycles. The van der Waals surface area contributed by atoms with Crippen LogP contribution in [0.15, 0.2) is 29.9 Å². The van der Waals surface area contributed by atoms with Gasteiger partial charge in [0.25, 0.3) is 0 Å². The molecule has 121 heavy (non-hydrogen) atoms. The summed E-state index contributed by atoms with van der Waals surface area (Å²) in [7, 11) is 4.17. The van der Waals surface area contributed by atoms with Gasteiger partial charge in [-0.3, -0.25) is 19.2 Å². The molecule has 10 fully saturated rings. The van der Waals surface area contributed by atoms with Crippen LogP contribution >= 0.6 is 0 Å². The standard InChI is InChI=1S/C81H120O40/c1-34-58(115-48(89)15-12-36-22-41(105-9)61(107-11)42(23-36)106-10)55(96)63(119-69-57(98)62(118-71-64(99)81(104,33-110-71)32-109-49(90)27-75(5,103)26-47(87)88)59(35(2)111-69)116-66-56(97)60(40(86)30-108-66)117-67-53(94)51(92)44(29-83)113-67)70(112-34)121-73(102)79-19-18-74(3,4)24-38(79)37-13-14-45-76(6)25-39(85)65(120-68-54(95)52(93)50(91)43(28-82)114-68)78(8,72(100)101)46(76)16-17-77(45,7)80(37,31-84)21-20-79/h12-13,15,22-23,34-35,38-40,43-46,50-60,62-71,82-86,91-99,103-104H,14,16-21,24-33H2,1-11H3,(H,87,88)(H,100,101)/t34-,35+,38+,39+,40-,43-,44-,45-,46-,50-,51-,52+,53+,54-,55+,56-,57-,58+,59+,60+,62+,63-,64+,65+,66+,67-,68+,69+,70+,71+,75+,76-,77-,78+,79+,80+,81-/m1/s1. The molecule has 5 aliphatic carbocycles. The van der Waals surface area contributed by atoms with Crippen molar-refractivity contribution in [1.82, 2.24) is 0 Å². The zero-order valence-corrected chi connectivity index (χ0v) is 69.3. The zero-order valence-electron chi connectivity index (χ0n) is 69.3. The molecule has 37 atom stereocenters. The maximum Gasteiger partial charge on any atom is 0.331 e. The summed E-state index contributed by atoms with van der Waals surface area (Å²) < 4.78 is 101. The van der Waals surface area contributed by atoms with Crippen molar-refractivity contribution in [3.8, 4) is 17.2 Å². The molecular formula is C81H120O40. The van der Waals surface area contributed by atoms with Gasteiger partial charge < -0.3 is 172 Å². The van der Waals surface area contributed by atoms with E-state index in [4.69, 9.17) is 80.5 Å². The van der Waals surface area contributed by atoms with Gasteiger partial charge in [0.2, 0.25) is 12.0 Å². The van der Waals surface area contributed by atoms with Crippen LogP contribution in [0.4, 0.5) is 0 Å². The number of benzene rings is 1. The minimum absolute atomic E-state index is 0.0477. The van der Waals surface area contributed by atoms with Crippen LogP contribution in [0.25, 0.3) is 6.08 Å². The van der Waals surface area contributed by atoms with Crippen molar-refractivity contribution in [2.24, 2.45) is 50.2 Å². The Balaban J connectivity index is 0.865. The summed E-state index contributed by atoms with van der Waals surface area (Å²) >= 11 is 0. The van der Waals surface area contributed by atoms with Crippen molar-refractivity contribution < 1.29 is 196 Å². The van der Waals surface area contributed by atoms with Gasteiger partial charge in [-0.1, -0.05) is 39.3 Å². The normalized spacial score (nSPS) is 45.7. The average Bonchev–Trinajstić information content (AvgIpc) is 1.47. The molecule has 0 spiro atoms. The Morgan fingerprint density at radius 1 is 0.587 bits per heavy atom. The van der Waals surface area contributed by atoms with Gasteiger partial charge in [-0.2, -0.15) is 0 Å². The third-order valence-corrected chi connectivity index (χ3v) is 28.2. The van der Waals surface area contributed by atoms with E-state index in [1.54, 1.807) is 0 Å². The van der Waals surface area contributed by atoms with E-state index in [1.165, 1.54) is 60.3 Å². The lowest BCUT2D eigenvalue weighted by molar-refractivity contribution is -0.386. The third kappa shape index (κ3) is 17.5. The number of carbonyl (C=O) groups is 5. The van der Waals surface area contributed by atoms with Gasteiger partial charge in [-0.25, -0.2) is 4.79 Å². The van der Waals surface area contributed by atoms with Gasteiger partial charge in [0.1, 0.15) is 104 Å². The quantitative estimate of drug-likeness (QED) is 0.0131. The fraction of sp³-hybridized carbons (Fsp3) is 0.815. The van der Waals surface area contributed by atoms with Crippen molar-refractivity contribution in [2.45, 2.75) is 303 Å². The largest absolute Gasteiger partial charge is 0.493 e. The molecule has 1 aromatic rings. The maximum absolute atomic E-state index is 16.3. The molecule has 40 nitrogen and oxygen atoms in total. The number of rotatable bonds is 28. The summed E-state index contributed by atoms with van der Waals surface area (Å²) in [5.41, 5.74) is -10.4. The molecule has 11 aliphatic rings. The van der Waals surface area contributed by atoms with Crippen molar-refractivity contribution in [2.75, 3.05) is 61.0 Å². The predicted octanol–water partition coefficient (Wildman–Crippen LogP) is -2.95. The third-order valence-electron chi connectivity index (χ3n) is 28.2. The van der Waals surface area contributed by atoms with Gasteiger partial charge in [-0.15, -0.1) is 0 Å². The number of ether oxygens (including phenoxy) is 17. The van der Waals surface area contributed by atoms with Crippen LogP contribution in [-0.4, -0.2) is 360 Å². The van der Waals surface area contributed by atoms with Crippen LogP contribution in [0, 0.1) is 50.2 Å². The molecule has 0 amide bonds. The first-order chi connectivity index (χ1) is 56.8. The second kappa shape index (κ2) is 36.3. The molecule has 0 unspecified atom stereocenters. The van der Waals surface area contributed by atoms with Crippen LogP contribution in [0.3, 0.4) is 0 Å². The second-order valence-electron chi connectivity index (χ2n) is 36.4. The Morgan fingerprint density at radius 3 is 1.79 bits per heavy atom. The molecule has 0 radical (unpaired) electrons. The summed E-state index contributed by atoms with van der Waals surface area (Å²) in [6, 6.07) is 3.07. The van der Waals surface area contributed by atoms with Crippen LogP contribution < -0.4 is 14.2 Å². The van der Waals surface area contributed by atoms with E-state index in [9.17, 15) is 111 Å². The number of esters is 3. The number of aliphatic hydroxyl groups excluding tert-OH is 14. The summed E-state index contributed by atoms with van der Waals surface area (Å²) in [6.07, 6.45) is -44.7. The summed E-state index contributed by atoms with van der Waals surface area (Å²) in [5.74, 6) is -7.13. The molecule has 40 heteroatoms. The fourth-order valence-corrected chi connectivity index (χ4v) is 21.5. The Hall–Kier alpha value is -5.63. The Kier molecular flexibility index (Phi) is 28.3. The van der Waals surface area contributed by atoms with E-state index >= 15 is 4.79 Å². The molecule has 12 rings (SSSR count). The van der Waals surface area contributed by atoms with Crippen LogP contribution in [0.5, 0.6) is 17.2 Å². The number of carbonyl (C=O) groups excluding carboxylic acids is 3. The lowest BCUT2D eigenvalue weighted by atomic mass is 9.33. The highest BCUT2D eigenvalue weighted by Gasteiger charge is 2.74. The highest BCUT2D eigenvalue weighted by atomic mass is 16.8. The van der Waals surface area contributed by atoms with Crippen LogP contribution in [0.1, 0.15) is 132 Å². The minimum atomic E-state index is -2.55. The number of allylic oxidation sites excluding steroid dienone is 1. The van der Waals surface area contributed by atoms with Crippen molar-refractivity contribution in [3.63, 3.8) is 0 Å². The van der Waals surface area contributed by atoms with Gasteiger partial charge in [0.05, 0.1) is 102 Å². The molecular weight excluding hydrogens is 1610 g/mol. The number of hydrogen-bond acceptors (Lipinski definition) is 38. The molecule has 4 saturated carbocycles. The smallest absolute Gasteiger partial charge is 0.331 e. The first kappa shape index (κ1) is 94.5. The lowest BCUT2D eigenvalue weighted by Gasteiger charge is -2.71. The Bertz CT molecular complexity index is 3870. The number of aliphatic hydroxyl groups is 16. The molecule has 684 valence electrons. The van der Waals surface area contributed by atoms with Gasteiger partial charge >= 0.3 is 29.8 Å². The van der Waals surface area contributed by atoms with E-state index in [0.29, 0.717) is 24.8 Å². The van der Waals surface area contributed by atoms with Gasteiger partial charge in [0.15, 0.2) is 60.8 Å². The molecule has 6 heterocycles. The summed E-state index contributed by atoms with van der Waals surface area (Å²) in [5, 5.41) is 203. The molecule has 0 bridgehead atoms.